The van der Waals surface area contributed by atoms with Gasteiger partial charge in [-0.3, -0.25) is 4.79 Å². The molecule has 4 heteroatoms. The minimum atomic E-state index is -0.217. The van der Waals surface area contributed by atoms with E-state index in [0.717, 1.165) is 45.2 Å². The molecule has 2 aliphatic rings. The summed E-state index contributed by atoms with van der Waals surface area (Å²) in [5, 5.41) is 16.0. The van der Waals surface area contributed by atoms with Crippen LogP contribution in [0.15, 0.2) is 0 Å². The lowest BCUT2D eigenvalue weighted by Crippen LogP contribution is -2.41. The average Bonchev–Trinajstić information content (AvgIpc) is 2.30. The number of hydrogen-bond acceptors (Lipinski definition) is 3. The zero-order chi connectivity index (χ0) is 12.1. The average molecular weight is 240 g/mol. The van der Waals surface area contributed by atoms with Crippen molar-refractivity contribution in [2.24, 2.45) is 5.92 Å². The van der Waals surface area contributed by atoms with Gasteiger partial charge in [0.25, 0.3) is 0 Å². The molecule has 1 heterocycles. The van der Waals surface area contributed by atoms with Crippen LogP contribution in [0.2, 0.25) is 0 Å². The van der Waals surface area contributed by atoms with E-state index in [9.17, 15) is 9.90 Å². The van der Waals surface area contributed by atoms with E-state index in [4.69, 9.17) is 0 Å². The van der Waals surface area contributed by atoms with E-state index in [1.165, 1.54) is 6.42 Å². The summed E-state index contributed by atoms with van der Waals surface area (Å²) >= 11 is 0. The Morgan fingerprint density at radius 1 is 1.29 bits per heavy atom. The molecule has 3 N–H and O–H groups in total. The van der Waals surface area contributed by atoms with Gasteiger partial charge in [0, 0.05) is 12.5 Å². The highest BCUT2D eigenvalue weighted by atomic mass is 16.3. The molecule has 0 radical (unpaired) electrons. The van der Waals surface area contributed by atoms with Crippen molar-refractivity contribution in [3.8, 4) is 0 Å². The van der Waals surface area contributed by atoms with Gasteiger partial charge in [0.1, 0.15) is 0 Å². The molecule has 0 aromatic heterocycles. The Morgan fingerprint density at radius 3 is 2.88 bits per heavy atom. The number of aliphatic hydroxyl groups is 1. The first-order valence-electron chi connectivity index (χ1n) is 6.92. The minimum Gasteiger partial charge on any atom is -0.393 e. The Hall–Kier alpha value is -0.610. The zero-order valence-electron chi connectivity index (χ0n) is 10.5. The topological polar surface area (TPSA) is 61.4 Å². The Balaban J connectivity index is 1.68. The van der Waals surface area contributed by atoms with Crippen LogP contribution in [0.5, 0.6) is 0 Å². The molecule has 1 aliphatic heterocycles. The van der Waals surface area contributed by atoms with Crippen LogP contribution in [0.25, 0.3) is 0 Å². The number of amides is 1. The van der Waals surface area contributed by atoms with E-state index < -0.39 is 0 Å². The third kappa shape index (κ3) is 4.28. The highest BCUT2D eigenvalue weighted by molar-refractivity contribution is 5.76. The first kappa shape index (κ1) is 12.8. The fourth-order valence-corrected chi connectivity index (χ4v) is 2.94. The molecule has 0 bridgehead atoms. The molecule has 2 fully saturated rings. The molecular formula is C13H24N2O2. The Bertz CT molecular complexity index is 252. The summed E-state index contributed by atoms with van der Waals surface area (Å²) in [6, 6.07) is 0.197. The third-order valence-electron chi connectivity index (χ3n) is 3.88. The molecule has 2 rings (SSSR count). The molecule has 4 nitrogen and oxygen atoms in total. The second kappa shape index (κ2) is 6.36. The van der Waals surface area contributed by atoms with Crippen LogP contribution in [0.4, 0.5) is 0 Å². The monoisotopic (exact) mass is 240 g/mol. The molecule has 3 unspecified atom stereocenters. The largest absolute Gasteiger partial charge is 0.393 e. The molecule has 0 aromatic carbocycles. The van der Waals surface area contributed by atoms with Crippen LogP contribution in [0.3, 0.4) is 0 Å². The number of nitrogens with one attached hydrogen (secondary N) is 2. The smallest absolute Gasteiger partial charge is 0.220 e. The van der Waals surface area contributed by atoms with E-state index in [2.05, 4.69) is 10.6 Å². The molecule has 0 spiro atoms. The van der Waals surface area contributed by atoms with Gasteiger partial charge in [-0.1, -0.05) is 0 Å². The van der Waals surface area contributed by atoms with E-state index in [0.29, 0.717) is 12.3 Å². The molecule has 1 saturated carbocycles. The summed E-state index contributed by atoms with van der Waals surface area (Å²) < 4.78 is 0. The summed E-state index contributed by atoms with van der Waals surface area (Å²) in [4.78, 5) is 11.9. The Kier molecular flexibility index (Phi) is 4.80. The molecule has 17 heavy (non-hydrogen) atoms. The standard InChI is InChI=1S/C13H24N2O2/c16-12-5-1-4-11(8-12)15-13(17)7-10-3-2-6-14-9-10/h10-12,14,16H,1-9H2,(H,15,17). The van der Waals surface area contributed by atoms with Crippen molar-refractivity contribution in [1.29, 1.82) is 0 Å². The van der Waals surface area contributed by atoms with Crippen LogP contribution >= 0.6 is 0 Å². The summed E-state index contributed by atoms with van der Waals surface area (Å²) in [5.74, 6) is 0.662. The predicted molar refractivity (Wildman–Crippen MR) is 66.6 cm³/mol. The molecule has 1 saturated heterocycles. The minimum absolute atomic E-state index is 0.165. The van der Waals surface area contributed by atoms with Gasteiger partial charge < -0.3 is 15.7 Å². The first-order valence-corrected chi connectivity index (χ1v) is 6.92. The van der Waals surface area contributed by atoms with Gasteiger partial charge in [0.2, 0.25) is 5.91 Å². The van der Waals surface area contributed by atoms with Crippen LogP contribution < -0.4 is 10.6 Å². The van der Waals surface area contributed by atoms with Gasteiger partial charge in [-0.2, -0.15) is 0 Å². The number of carbonyl (C=O) groups excluding carboxylic acids is 1. The van der Waals surface area contributed by atoms with Crippen LogP contribution in [0, 0.1) is 5.92 Å². The van der Waals surface area contributed by atoms with Gasteiger partial charge in [-0.05, 0) is 57.5 Å². The quantitative estimate of drug-likeness (QED) is 0.683. The van der Waals surface area contributed by atoms with Crippen molar-refractivity contribution in [1.82, 2.24) is 10.6 Å². The van der Waals surface area contributed by atoms with Crippen molar-refractivity contribution in [3.05, 3.63) is 0 Å². The maximum atomic E-state index is 11.9. The van der Waals surface area contributed by atoms with Crippen molar-refractivity contribution < 1.29 is 9.90 Å². The van der Waals surface area contributed by atoms with E-state index in [1.807, 2.05) is 0 Å². The number of rotatable bonds is 3. The lowest BCUT2D eigenvalue weighted by atomic mass is 9.92. The van der Waals surface area contributed by atoms with Gasteiger partial charge >= 0.3 is 0 Å². The van der Waals surface area contributed by atoms with Crippen LogP contribution in [-0.2, 0) is 4.79 Å². The third-order valence-corrected chi connectivity index (χ3v) is 3.88. The normalized spacial score (nSPS) is 34.3. The molecule has 3 atom stereocenters. The van der Waals surface area contributed by atoms with Crippen LogP contribution in [0.1, 0.15) is 44.9 Å². The summed E-state index contributed by atoms with van der Waals surface area (Å²) in [6.07, 6.45) is 6.43. The lowest BCUT2D eigenvalue weighted by Gasteiger charge is -2.28. The first-order chi connectivity index (χ1) is 8.24. The fraction of sp³-hybridized carbons (Fsp3) is 0.923. The van der Waals surface area contributed by atoms with E-state index in [-0.39, 0.29) is 18.1 Å². The van der Waals surface area contributed by atoms with Crippen molar-refractivity contribution in [2.75, 3.05) is 13.1 Å². The van der Waals surface area contributed by atoms with Gasteiger partial charge in [0.15, 0.2) is 0 Å². The molecule has 1 amide bonds. The molecule has 0 aromatic rings. The number of aliphatic hydroxyl groups excluding tert-OH is 1. The van der Waals surface area contributed by atoms with E-state index in [1.54, 1.807) is 0 Å². The van der Waals surface area contributed by atoms with Crippen LogP contribution in [-0.4, -0.2) is 36.2 Å². The summed E-state index contributed by atoms with van der Waals surface area (Å²) in [6.45, 7) is 2.06. The second-order valence-electron chi connectivity index (χ2n) is 5.50. The maximum Gasteiger partial charge on any atom is 0.220 e. The second-order valence-corrected chi connectivity index (χ2v) is 5.50. The van der Waals surface area contributed by atoms with Gasteiger partial charge in [-0.15, -0.1) is 0 Å². The highest BCUT2D eigenvalue weighted by Gasteiger charge is 2.23. The fourth-order valence-electron chi connectivity index (χ4n) is 2.94. The SMILES string of the molecule is O=C(CC1CCCNC1)NC1CCCC(O)C1. The lowest BCUT2D eigenvalue weighted by molar-refractivity contribution is -0.123. The number of piperidine rings is 1. The number of hydrogen-bond donors (Lipinski definition) is 3. The van der Waals surface area contributed by atoms with Crippen molar-refractivity contribution in [2.45, 2.75) is 57.1 Å². The molecule has 98 valence electrons. The maximum absolute atomic E-state index is 11.9. The van der Waals surface area contributed by atoms with Gasteiger partial charge in [-0.25, -0.2) is 0 Å². The van der Waals surface area contributed by atoms with Crippen molar-refractivity contribution >= 4 is 5.91 Å². The summed E-state index contributed by atoms with van der Waals surface area (Å²) in [5.41, 5.74) is 0. The van der Waals surface area contributed by atoms with E-state index >= 15 is 0 Å². The molecule has 1 aliphatic carbocycles. The van der Waals surface area contributed by atoms with Gasteiger partial charge in [0.05, 0.1) is 6.10 Å². The Morgan fingerprint density at radius 2 is 2.18 bits per heavy atom. The summed E-state index contributed by atoms with van der Waals surface area (Å²) in [7, 11) is 0. The highest BCUT2D eigenvalue weighted by Crippen LogP contribution is 2.19. The number of carbonyl (C=O) groups is 1. The Labute approximate surface area is 103 Å². The van der Waals surface area contributed by atoms with Crippen molar-refractivity contribution in [3.63, 3.8) is 0 Å². The molecular weight excluding hydrogens is 216 g/mol. The predicted octanol–water partition coefficient (Wildman–Crippen LogP) is 0.796. The zero-order valence-corrected chi connectivity index (χ0v) is 10.5.